The van der Waals surface area contributed by atoms with Gasteiger partial charge in [-0.05, 0) is 56.5 Å². The molecule has 2 aromatic carbocycles. The van der Waals surface area contributed by atoms with Crippen LogP contribution >= 0.6 is 0 Å². The van der Waals surface area contributed by atoms with Gasteiger partial charge in [-0.2, -0.15) is 0 Å². The second kappa shape index (κ2) is 10.8. The van der Waals surface area contributed by atoms with E-state index in [1.165, 1.54) is 0 Å². The van der Waals surface area contributed by atoms with E-state index < -0.39 is 6.04 Å². The highest BCUT2D eigenvalue weighted by atomic mass is 16.5. The second-order valence-corrected chi connectivity index (χ2v) is 8.14. The monoisotopic (exact) mass is 424 g/mol. The lowest BCUT2D eigenvalue weighted by atomic mass is 10.1. The molecular weight excluding hydrogens is 392 g/mol. The Bertz CT molecular complexity index is 875. The topological polar surface area (TPSA) is 67.9 Å². The van der Waals surface area contributed by atoms with Gasteiger partial charge in [0.05, 0.1) is 7.11 Å². The first kappa shape index (κ1) is 22.7. The van der Waals surface area contributed by atoms with Crippen LogP contribution in [0.15, 0.2) is 48.5 Å². The van der Waals surface area contributed by atoms with Crippen LogP contribution in [-0.4, -0.2) is 42.5 Å². The van der Waals surface area contributed by atoms with Crippen LogP contribution in [-0.2, 0) is 16.1 Å². The van der Waals surface area contributed by atoms with Crippen LogP contribution in [0.2, 0.25) is 0 Å². The lowest BCUT2D eigenvalue weighted by molar-refractivity contribution is -0.142. The molecule has 31 heavy (non-hydrogen) atoms. The SMILES string of the molecule is COc1cccc(CN(C(=O)COc2ccc(C)cc2)[C@@H](C)C(=O)NC2CCCC2)c1. The molecule has 0 unspecified atom stereocenters. The molecule has 1 fully saturated rings. The van der Waals surface area contributed by atoms with E-state index in [1.54, 1.807) is 18.9 Å². The van der Waals surface area contributed by atoms with Crippen LogP contribution < -0.4 is 14.8 Å². The average Bonchev–Trinajstić information content (AvgIpc) is 3.29. The Morgan fingerprint density at radius 2 is 1.81 bits per heavy atom. The zero-order chi connectivity index (χ0) is 22.2. The molecule has 6 nitrogen and oxygen atoms in total. The van der Waals surface area contributed by atoms with Gasteiger partial charge < -0.3 is 19.7 Å². The Morgan fingerprint density at radius 3 is 2.48 bits per heavy atom. The Morgan fingerprint density at radius 1 is 1.10 bits per heavy atom. The van der Waals surface area contributed by atoms with Crippen molar-refractivity contribution in [2.75, 3.05) is 13.7 Å². The van der Waals surface area contributed by atoms with Gasteiger partial charge in [0.25, 0.3) is 5.91 Å². The number of rotatable bonds is 9. The van der Waals surface area contributed by atoms with Crippen LogP contribution in [0.3, 0.4) is 0 Å². The Balaban J connectivity index is 1.72. The first-order chi connectivity index (χ1) is 15.0. The van der Waals surface area contributed by atoms with Gasteiger partial charge in [-0.3, -0.25) is 9.59 Å². The van der Waals surface area contributed by atoms with Crippen molar-refractivity contribution in [2.45, 2.75) is 58.2 Å². The fourth-order valence-corrected chi connectivity index (χ4v) is 3.80. The van der Waals surface area contributed by atoms with Crippen LogP contribution in [0.25, 0.3) is 0 Å². The van der Waals surface area contributed by atoms with Gasteiger partial charge in [0.1, 0.15) is 17.5 Å². The number of amides is 2. The van der Waals surface area contributed by atoms with E-state index in [4.69, 9.17) is 9.47 Å². The molecule has 1 atom stereocenters. The first-order valence-corrected chi connectivity index (χ1v) is 10.9. The van der Waals surface area contributed by atoms with Gasteiger partial charge in [-0.25, -0.2) is 0 Å². The minimum atomic E-state index is -0.610. The van der Waals surface area contributed by atoms with Gasteiger partial charge in [-0.15, -0.1) is 0 Å². The number of aryl methyl sites for hydroxylation is 1. The van der Waals surface area contributed by atoms with Crippen molar-refractivity contribution in [3.05, 3.63) is 59.7 Å². The lowest BCUT2D eigenvalue weighted by Crippen LogP contribution is -2.50. The van der Waals surface area contributed by atoms with Gasteiger partial charge in [0, 0.05) is 12.6 Å². The van der Waals surface area contributed by atoms with Crippen LogP contribution in [0.4, 0.5) is 0 Å². The summed E-state index contributed by atoms with van der Waals surface area (Å²) in [5.74, 6) is 0.975. The van der Waals surface area contributed by atoms with E-state index >= 15 is 0 Å². The summed E-state index contributed by atoms with van der Waals surface area (Å²) in [5.41, 5.74) is 2.01. The average molecular weight is 425 g/mol. The molecule has 0 spiro atoms. The molecule has 1 saturated carbocycles. The van der Waals surface area contributed by atoms with E-state index in [0.717, 1.165) is 36.8 Å². The second-order valence-electron chi connectivity index (χ2n) is 8.14. The molecule has 6 heteroatoms. The highest BCUT2D eigenvalue weighted by Gasteiger charge is 2.28. The normalized spacial score (nSPS) is 14.7. The van der Waals surface area contributed by atoms with Gasteiger partial charge in [0.2, 0.25) is 5.91 Å². The maximum Gasteiger partial charge on any atom is 0.261 e. The molecule has 0 heterocycles. The third-order valence-corrected chi connectivity index (χ3v) is 5.74. The summed E-state index contributed by atoms with van der Waals surface area (Å²) >= 11 is 0. The van der Waals surface area contributed by atoms with E-state index in [9.17, 15) is 9.59 Å². The molecule has 1 N–H and O–H groups in total. The number of hydrogen-bond acceptors (Lipinski definition) is 4. The van der Waals surface area contributed by atoms with Gasteiger partial charge >= 0.3 is 0 Å². The van der Waals surface area contributed by atoms with Gasteiger partial charge in [-0.1, -0.05) is 42.7 Å². The Kier molecular flexibility index (Phi) is 7.93. The van der Waals surface area contributed by atoms with E-state index in [1.807, 2.05) is 55.5 Å². The number of nitrogens with one attached hydrogen (secondary N) is 1. The van der Waals surface area contributed by atoms with Crippen molar-refractivity contribution in [1.29, 1.82) is 0 Å². The van der Waals surface area contributed by atoms with E-state index in [-0.39, 0.29) is 24.5 Å². The van der Waals surface area contributed by atoms with E-state index in [2.05, 4.69) is 5.32 Å². The number of carbonyl (C=O) groups excluding carboxylic acids is 2. The highest BCUT2D eigenvalue weighted by Crippen LogP contribution is 2.20. The van der Waals surface area contributed by atoms with Crippen LogP contribution in [0.1, 0.15) is 43.7 Å². The third kappa shape index (κ3) is 6.48. The van der Waals surface area contributed by atoms with Crippen molar-refractivity contribution >= 4 is 11.8 Å². The lowest BCUT2D eigenvalue weighted by Gasteiger charge is -2.29. The largest absolute Gasteiger partial charge is 0.497 e. The maximum atomic E-state index is 13.1. The number of methoxy groups -OCH3 is 1. The fourth-order valence-electron chi connectivity index (χ4n) is 3.80. The summed E-state index contributed by atoms with van der Waals surface area (Å²) in [6.45, 7) is 3.93. The number of ether oxygens (including phenoxy) is 2. The molecule has 0 aliphatic heterocycles. The fraction of sp³-hybridized carbons (Fsp3) is 0.440. The minimum absolute atomic E-state index is 0.126. The summed E-state index contributed by atoms with van der Waals surface area (Å²) < 4.78 is 11.0. The van der Waals surface area contributed by atoms with Crippen LogP contribution in [0.5, 0.6) is 11.5 Å². The zero-order valence-corrected chi connectivity index (χ0v) is 18.6. The summed E-state index contributed by atoms with van der Waals surface area (Å²) in [6, 6.07) is 14.7. The standard InChI is InChI=1S/C25H32N2O4/c1-18-11-13-22(14-12-18)31-17-24(28)27(16-20-7-6-10-23(15-20)30-3)19(2)25(29)26-21-8-4-5-9-21/h6-7,10-15,19,21H,4-5,8-9,16-17H2,1-3H3,(H,26,29)/t19-/m0/s1. The molecule has 1 aliphatic carbocycles. The van der Waals surface area contributed by atoms with Gasteiger partial charge in [0.15, 0.2) is 6.61 Å². The molecule has 3 rings (SSSR count). The molecule has 0 bridgehead atoms. The quantitative estimate of drug-likeness (QED) is 0.664. The van der Waals surface area contributed by atoms with Crippen molar-refractivity contribution in [3.8, 4) is 11.5 Å². The number of nitrogens with zero attached hydrogens (tertiary/aromatic N) is 1. The smallest absolute Gasteiger partial charge is 0.261 e. The van der Waals surface area contributed by atoms with Crippen molar-refractivity contribution in [3.63, 3.8) is 0 Å². The Labute approximate surface area is 184 Å². The molecule has 0 saturated heterocycles. The van der Waals surface area contributed by atoms with Crippen molar-refractivity contribution in [1.82, 2.24) is 10.2 Å². The number of benzene rings is 2. The minimum Gasteiger partial charge on any atom is -0.497 e. The summed E-state index contributed by atoms with van der Waals surface area (Å²) in [4.78, 5) is 27.6. The van der Waals surface area contributed by atoms with Crippen molar-refractivity contribution in [2.24, 2.45) is 0 Å². The molecule has 166 valence electrons. The summed E-state index contributed by atoms with van der Waals surface area (Å²) in [7, 11) is 1.61. The number of hydrogen-bond donors (Lipinski definition) is 1. The Hall–Kier alpha value is -3.02. The zero-order valence-electron chi connectivity index (χ0n) is 18.6. The highest BCUT2D eigenvalue weighted by molar-refractivity contribution is 5.88. The van der Waals surface area contributed by atoms with E-state index in [0.29, 0.717) is 18.0 Å². The summed E-state index contributed by atoms with van der Waals surface area (Å²) in [5, 5.41) is 3.10. The first-order valence-electron chi connectivity index (χ1n) is 10.9. The predicted molar refractivity (Wildman–Crippen MR) is 120 cm³/mol. The third-order valence-electron chi connectivity index (χ3n) is 5.74. The molecular formula is C25H32N2O4. The molecule has 0 radical (unpaired) electrons. The molecule has 2 amide bonds. The summed E-state index contributed by atoms with van der Waals surface area (Å²) in [6.07, 6.45) is 4.27. The maximum absolute atomic E-state index is 13.1. The molecule has 0 aromatic heterocycles. The predicted octanol–water partition coefficient (Wildman–Crippen LogP) is 3.86. The van der Waals surface area contributed by atoms with Crippen LogP contribution in [0, 0.1) is 6.92 Å². The van der Waals surface area contributed by atoms with Crippen molar-refractivity contribution < 1.29 is 19.1 Å². The number of carbonyl (C=O) groups is 2. The molecule has 2 aromatic rings. The molecule has 1 aliphatic rings.